The second-order valence-electron chi connectivity index (χ2n) is 5.34. The van der Waals surface area contributed by atoms with E-state index in [2.05, 4.69) is 22.4 Å². The lowest BCUT2D eigenvalue weighted by atomic mass is 9.78. The normalized spacial score (nSPS) is 33.6. The fourth-order valence-corrected chi connectivity index (χ4v) is 3.34. The molecule has 3 heterocycles. The van der Waals surface area contributed by atoms with E-state index in [1.54, 1.807) is 0 Å². The van der Waals surface area contributed by atoms with E-state index in [-0.39, 0.29) is 0 Å². The van der Waals surface area contributed by atoms with Crippen LogP contribution in [0, 0.1) is 11.8 Å². The molecule has 1 atom stereocenters. The molecule has 0 radical (unpaired) electrons. The van der Waals surface area contributed by atoms with Gasteiger partial charge in [-0.25, -0.2) is 0 Å². The number of nitrogens with one attached hydrogen (secondary N) is 1. The highest BCUT2D eigenvalue weighted by atomic mass is 14.9. The van der Waals surface area contributed by atoms with E-state index < -0.39 is 0 Å². The predicted molar refractivity (Wildman–Crippen MR) is 65.2 cm³/mol. The molecule has 1 aromatic rings. The van der Waals surface area contributed by atoms with Crippen LogP contribution in [-0.4, -0.2) is 17.6 Å². The molecule has 1 aliphatic carbocycles. The van der Waals surface area contributed by atoms with Gasteiger partial charge in [-0.15, -0.1) is 0 Å². The van der Waals surface area contributed by atoms with Gasteiger partial charge in [0.05, 0.1) is 0 Å². The summed E-state index contributed by atoms with van der Waals surface area (Å²) in [5.74, 6) is 1.80. The monoisotopic (exact) mass is 216 g/mol. The molecule has 2 heteroatoms. The molecule has 2 nitrogen and oxygen atoms in total. The van der Waals surface area contributed by atoms with Gasteiger partial charge in [0.1, 0.15) is 0 Å². The zero-order chi connectivity index (χ0) is 10.8. The molecule has 1 aromatic heterocycles. The van der Waals surface area contributed by atoms with Crippen LogP contribution in [0.25, 0.3) is 0 Å². The van der Waals surface area contributed by atoms with Gasteiger partial charge in [0, 0.05) is 18.4 Å². The second-order valence-corrected chi connectivity index (χ2v) is 5.34. The summed E-state index contributed by atoms with van der Waals surface area (Å²) in [7, 11) is 0. The van der Waals surface area contributed by atoms with Crippen LogP contribution >= 0.6 is 0 Å². The maximum Gasteiger partial charge on any atom is 0.0270 e. The van der Waals surface area contributed by atoms with E-state index in [1.165, 1.54) is 44.2 Å². The van der Waals surface area contributed by atoms with Crippen molar-refractivity contribution in [3.63, 3.8) is 0 Å². The summed E-state index contributed by atoms with van der Waals surface area (Å²) in [5.41, 5.74) is 1.45. The summed E-state index contributed by atoms with van der Waals surface area (Å²) in [6, 6.07) is 5.15. The Morgan fingerprint density at radius 3 is 2.62 bits per heavy atom. The van der Waals surface area contributed by atoms with Gasteiger partial charge in [0.2, 0.25) is 0 Å². The maximum atomic E-state index is 4.09. The Morgan fingerprint density at radius 2 is 1.88 bits per heavy atom. The van der Waals surface area contributed by atoms with Crippen LogP contribution in [-0.2, 0) is 6.42 Å². The number of rotatable bonds is 2. The van der Waals surface area contributed by atoms with E-state index >= 15 is 0 Å². The average Bonchev–Trinajstić information content (AvgIpc) is 2.65. The first-order valence-corrected chi connectivity index (χ1v) is 6.54. The van der Waals surface area contributed by atoms with Gasteiger partial charge in [-0.3, -0.25) is 4.98 Å². The molecule has 1 saturated carbocycles. The van der Waals surface area contributed by atoms with Crippen molar-refractivity contribution in [3.05, 3.63) is 30.1 Å². The van der Waals surface area contributed by atoms with Crippen molar-refractivity contribution in [2.45, 2.75) is 38.1 Å². The van der Waals surface area contributed by atoms with E-state index in [0.717, 1.165) is 17.9 Å². The molecule has 16 heavy (non-hydrogen) atoms. The van der Waals surface area contributed by atoms with Gasteiger partial charge >= 0.3 is 0 Å². The van der Waals surface area contributed by atoms with Crippen LogP contribution in [0.5, 0.6) is 0 Å². The fraction of sp³-hybridized carbons (Fsp3) is 0.643. The lowest BCUT2D eigenvalue weighted by Crippen LogP contribution is -2.29. The van der Waals surface area contributed by atoms with Crippen molar-refractivity contribution < 1.29 is 0 Å². The molecule has 1 unspecified atom stereocenters. The van der Waals surface area contributed by atoms with E-state index in [9.17, 15) is 0 Å². The topological polar surface area (TPSA) is 24.9 Å². The SMILES string of the molecule is c1cc(CC2CNC3CCC2CC3)ccn1. The maximum absolute atomic E-state index is 4.09. The molecule has 2 bridgehead atoms. The molecule has 0 amide bonds. The Bertz CT molecular complexity index is 328. The van der Waals surface area contributed by atoms with Crippen molar-refractivity contribution in [3.8, 4) is 0 Å². The van der Waals surface area contributed by atoms with Crippen molar-refractivity contribution in [2.75, 3.05) is 6.54 Å². The van der Waals surface area contributed by atoms with Gasteiger partial charge in [0.15, 0.2) is 0 Å². The number of pyridine rings is 1. The Balaban J connectivity index is 1.70. The Labute approximate surface area is 97.5 Å². The fourth-order valence-electron chi connectivity index (χ4n) is 3.34. The summed E-state index contributed by atoms with van der Waals surface area (Å²) in [4.78, 5) is 4.09. The molecule has 3 aliphatic rings. The van der Waals surface area contributed by atoms with Crippen LogP contribution < -0.4 is 5.32 Å². The third-order valence-electron chi connectivity index (χ3n) is 4.35. The number of aromatic nitrogens is 1. The first-order valence-electron chi connectivity index (χ1n) is 6.54. The third-order valence-corrected chi connectivity index (χ3v) is 4.35. The summed E-state index contributed by atoms with van der Waals surface area (Å²) < 4.78 is 0. The Morgan fingerprint density at radius 1 is 1.12 bits per heavy atom. The van der Waals surface area contributed by atoms with Crippen LogP contribution in [0.4, 0.5) is 0 Å². The average molecular weight is 216 g/mol. The van der Waals surface area contributed by atoms with E-state index in [0.29, 0.717) is 0 Å². The molecule has 2 aliphatic heterocycles. The zero-order valence-corrected chi connectivity index (χ0v) is 9.73. The van der Waals surface area contributed by atoms with Gasteiger partial charge in [0.25, 0.3) is 0 Å². The summed E-state index contributed by atoms with van der Waals surface area (Å²) in [5, 5.41) is 3.73. The summed E-state index contributed by atoms with van der Waals surface area (Å²) in [6.45, 7) is 1.22. The standard InChI is InChI=1S/C14H20N2/c1-3-14-4-2-12(1)13(10-16-14)9-11-5-7-15-8-6-11/h5-8,12-14,16H,1-4,9-10H2. The molecule has 0 spiro atoms. The lowest BCUT2D eigenvalue weighted by molar-refractivity contribution is 0.281. The minimum absolute atomic E-state index is 0.818. The minimum Gasteiger partial charge on any atom is -0.314 e. The highest BCUT2D eigenvalue weighted by Crippen LogP contribution is 2.34. The first kappa shape index (κ1) is 10.3. The highest BCUT2D eigenvalue weighted by Gasteiger charge is 2.31. The van der Waals surface area contributed by atoms with Crippen molar-refractivity contribution in [1.29, 1.82) is 0 Å². The molecule has 86 valence electrons. The number of hydrogen-bond donors (Lipinski definition) is 1. The Hall–Kier alpha value is -0.890. The quantitative estimate of drug-likeness (QED) is 0.821. The molecule has 1 N–H and O–H groups in total. The number of hydrogen-bond acceptors (Lipinski definition) is 2. The van der Waals surface area contributed by atoms with Crippen molar-refractivity contribution in [2.24, 2.45) is 11.8 Å². The Kier molecular flexibility index (Phi) is 2.92. The van der Waals surface area contributed by atoms with Gasteiger partial charge in [-0.05, 0) is 68.2 Å². The smallest absolute Gasteiger partial charge is 0.0270 e. The molecular formula is C14H20N2. The van der Waals surface area contributed by atoms with Crippen molar-refractivity contribution >= 4 is 0 Å². The molecule has 4 rings (SSSR count). The summed E-state index contributed by atoms with van der Waals surface area (Å²) in [6.07, 6.45) is 10.7. The molecule has 2 saturated heterocycles. The highest BCUT2D eigenvalue weighted by molar-refractivity contribution is 5.11. The summed E-state index contributed by atoms with van der Waals surface area (Å²) >= 11 is 0. The van der Waals surface area contributed by atoms with E-state index in [1.807, 2.05) is 12.4 Å². The van der Waals surface area contributed by atoms with Gasteiger partial charge in [-0.1, -0.05) is 0 Å². The largest absolute Gasteiger partial charge is 0.314 e. The number of nitrogens with zero attached hydrogens (tertiary/aromatic N) is 1. The van der Waals surface area contributed by atoms with Crippen LogP contribution in [0.1, 0.15) is 31.2 Å². The predicted octanol–water partition coefficient (Wildman–Crippen LogP) is 2.40. The number of fused-ring (bicyclic) bond motifs is 4. The minimum atomic E-state index is 0.818. The molecule has 3 fully saturated rings. The first-order chi connectivity index (χ1) is 7.92. The van der Waals surface area contributed by atoms with Gasteiger partial charge in [-0.2, -0.15) is 0 Å². The van der Waals surface area contributed by atoms with Crippen molar-refractivity contribution in [1.82, 2.24) is 10.3 Å². The second kappa shape index (κ2) is 4.54. The molecule has 0 aromatic carbocycles. The third kappa shape index (κ3) is 2.12. The van der Waals surface area contributed by atoms with Crippen LogP contribution in [0.2, 0.25) is 0 Å². The zero-order valence-electron chi connectivity index (χ0n) is 9.73. The van der Waals surface area contributed by atoms with Gasteiger partial charge < -0.3 is 5.32 Å². The van der Waals surface area contributed by atoms with E-state index in [4.69, 9.17) is 0 Å². The molecular weight excluding hydrogens is 196 g/mol. The lowest BCUT2D eigenvalue weighted by Gasteiger charge is -2.26. The van der Waals surface area contributed by atoms with Crippen LogP contribution in [0.15, 0.2) is 24.5 Å². The van der Waals surface area contributed by atoms with Crippen LogP contribution in [0.3, 0.4) is 0 Å².